The number of nitrogens with one attached hydrogen (secondary N) is 1. The molecule has 7 nitrogen and oxygen atoms in total. The van der Waals surface area contributed by atoms with Crippen LogP contribution in [0.5, 0.6) is 5.75 Å². The van der Waals surface area contributed by atoms with E-state index in [0.717, 1.165) is 47.2 Å². The van der Waals surface area contributed by atoms with Gasteiger partial charge in [-0.1, -0.05) is 61.2 Å². The van der Waals surface area contributed by atoms with Gasteiger partial charge >= 0.3 is 11.9 Å². The fraction of sp³-hybridized carbons (Fsp3) is 0.171. The molecule has 0 aliphatic heterocycles. The Bertz CT molecular complexity index is 1610. The second-order valence-electron chi connectivity index (χ2n) is 9.51. The molecule has 0 radical (unpaired) electrons. The van der Waals surface area contributed by atoms with E-state index in [1.54, 1.807) is 36.4 Å². The van der Waals surface area contributed by atoms with Gasteiger partial charge in [0.1, 0.15) is 12.4 Å². The molecule has 0 bridgehead atoms. The van der Waals surface area contributed by atoms with Crippen molar-refractivity contribution in [2.45, 2.75) is 32.2 Å². The maximum absolute atomic E-state index is 12.9. The fourth-order valence-corrected chi connectivity index (χ4v) is 4.33. The van der Waals surface area contributed by atoms with Crippen molar-refractivity contribution in [1.82, 2.24) is 5.32 Å². The average Bonchev–Trinajstić information content (AvgIpc) is 3.02. The molecule has 0 spiro atoms. The molecule has 0 fully saturated rings. The molecule has 0 aliphatic carbocycles. The Morgan fingerprint density at radius 1 is 0.857 bits per heavy atom. The summed E-state index contributed by atoms with van der Waals surface area (Å²) in [6.07, 6.45) is 7.91. The number of aryl methyl sites for hydroxylation is 1. The zero-order chi connectivity index (χ0) is 29.7. The minimum Gasteiger partial charge on any atom is -0.444 e. The van der Waals surface area contributed by atoms with E-state index in [4.69, 9.17) is 9.47 Å². The number of carbonyl (C=O) groups is 3. The van der Waals surface area contributed by atoms with E-state index in [9.17, 15) is 14.4 Å². The van der Waals surface area contributed by atoms with Crippen LogP contribution in [0.15, 0.2) is 104 Å². The van der Waals surface area contributed by atoms with E-state index in [0.29, 0.717) is 23.5 Å². The van der Waals surface area contributed by atoms with Crippen LogP contribution in [-0.4, -0.2) is 24.5 Å². The number of esters is 2. The number of ether oxygens (including phenoxy) is 3. The normalized spacial score (nSPS) is 11.0. The first kappa shape index (κ1) is 29.6. The van der Waals surface area contributed by atoms with Crippen molar-refractivity contribution in [3.8, 4) is 18.0 Å². The Morgan fingerprint density at radius 3 is 2.33 bits per heavy atom. The highest BCUT2D eigenvalue weighted by Gasteiger charge is 2.15. The molecule has 0 saturated heterocycles. The molecule has 42 heavy (non-hydrogen) atoms. The monoisotopic (exact) mass is 561 g/mol. The molecule has 0 aromatic heterocycles. The summed E-state index contributed by atoms with van der Waals surface area (Å²) in [5, 5.41) is 5.28. The number of hydrogen-bond donors (Lipinski definition) is 1. The molecular weight excluding hydrogens is 530 g/mol. The van der Waals surface area contributed by atoms with Crippen LogP contribution in [0.1, 0.15) is 57.7 Å². The van der Waals surface area contributed by atoms with E-state index < -0.39 is 11.9 Å². The number of rotatable bonds is 11. The predicted octanol–water partition coefficient (Wildman–Crippen LogP) is 6.54. The minimum absolute atomic E-state index is 0.188. The first-order valence-electron chi connectivity index (χ1n) is 13.6. The number of amides is 1. The molecule has 1 amide bonds. The lowest BCUT2D eigenvalue weighted by Crippen LogP contribution is -2.26. The van der Waals surface area contributed by atoms with Crippen LogP contribution in [0.3, 0.4) is 0 Å². The zero-order valence-corrected chi connectivity index (χ0v) is 23.3. The van der Waals surface area contributed by atoms with Crippen molar-refractivity contribution in [2.24, 2.45) is 0 Å². The highest BCUT2D eigenvalue weighted by Crippen LogP contribution is 2.24. The SMILES string of the molecule is C=CC(=O)OC#COCCCCc1ccc(C(=O)Oc2ccc(C(=O)N[C@@H](C)c3cccc4ccccc34)cc2)cc1. The van der Waals surface area contributed by atoms with Gasteiger partial charge in [0.2, 0.25) is 0 Å². The van der Waals surface area contributed by atoms with Crippen molar-refractivity contribution in [2.75, 3.05) is 6.61 Å². The van der Waals surface area contributed by atoms with E-state index in [2.05, 4.69) is 28.8 Å². The van der Waals surface area contributed by atoms with Gasteiger partial charge in [0.05, 0.1) is 11.6 Å². The number of benzene rings is 4. The van der Waals surface area contributed by atoms with Gasteiger partial charge < -0.3 is 19.5 Å². The lowest BCUT2D eigenvalue weighted by Gasteiger charge is -2.17. The highest BCUT2D eigenvalue weighted by atomic mass is 16.5. The average molecular weight is 562 g/mol. The Balaban J connectivity index is 1.22. The van der Waals surface area contributed by atoms with Crippen molar-refractivity contribution < 1.29 is 28.6 Å². The first-order valence-corrected chi connectivity index (χ1v) is 13.6. The number of hydrogen-bond acceptors (Lipinski definition) is 6. The number of unbranched alkanes of at least 4 members (excludes halogenated alkanes) is 1. The second kappa shape index (κ2) is 14.9. The van der Waals surface area contributed by atoms with Gasteiger partial charge in [-0.05, 0) is 84.5 Å². The fourth-order valence-electron chi connectivity index (χ4n) is 4.33. The van der Waals surface area contributed by atoms with Crippen molar-refractivity contribution >= 4 is 28.6 Å². The van der Waals surface area contributed by atoms with Gasteiger partial charge in [-0.25, -0.2) is 9.59 Å². The summed E-state index contributed by atoms with van der Waals surface area (Å²) in [5.74, 6) is -0.964. The summed E-state index contributed by atoms with van der Waals surface area (Å²) in [6.45, 7) is 5.64. The van der Waals surface area contributed by atoms with Crippen LogP contribution in [0.25, 0.3) is 10.8 Å². The number of carbonyl (C=O) groups excluding carboxylic acids is 3. The molecule has 212 valence electrons. The van der Waals surface area contributed by atoms with Crippen LogP contribution in [-0.2, 0) is 20.7 Å². The maximum atomic E-state index is 12.9. The van der Waals surface area contributed by atoms with Crippen LogP contribution >= 0.6 is 0 Å². The smallest absolute Gasteiger partial charge is 0.344 e. The van der Waals surface area contributed by atoms with Crippen LogP contribution in [0.2, 0.25) is 0 Å². The van der Waals surface area contributed by atoms with Crippen LogP contribution in [0.4, 0.5) is 0 Å². The molecule has 1 atom stereocenters. The molecule has 7 heteroatoms. The van der Waals surface area contributed by atoms with Gasteiger partial charge in [0.25, 0.3) is 5.91 Å². The molecular formula is C35H31NO6. The Labute approximate surface area is 245 Å². The van der Waals surface area contributed by atoms with Crippen molar-refractivity contribution in [3.05, 3.63) is 126 Å². The van der Waals surface area contributed by atoms with Gasteiger partial charge in [0.15, 0.2) is 12.2 Å². The number of fused-ring (bicyclic) bond motifs is 1. The molecule has 0 aliphatic rings. The summed E-state index contributed by atoms with van der Waals surface area (Å²) in [5.41, 5.74) is 3.02. The third kappa shape index (κ3) is 8.33. The minimum atomic E-state index is -0.626. The highest BCUT2D eigenvalue weighted by molar-refractivity contribution is 5.95. The molecule has 0 saturated carbocycles. The lowest BCUT2D eigenvalue weighted by molar-refractivity contribution is -0.131. The largest absolute Gasteiger partial charge is 0.444 e. The Hall–Kier alpha value is -5.35. The topological polar surface area (TPSA) is 90.9 Å². The van der Waals surface area contributed by atoms with Crippen LogP contribution < -0.4 is 10.1 Å². The van der Waals surface area contributed by atoms with E-state index in [1.807, 2.05) is 61.5 Å². The lowest BCUT2D eigenvalue weighted by atomic mass is 9.99. The first-order chi connectivity index (χ1) is 20.4. The quantitative estimate of drug-likeness (QED) is 0.0736. The third-order valence-electron chi connectivity index (χ3n) is 6.55. The Kier molecular flexibility index (Phi) is 10.5. The zero-order valence-electron chi connectivity index (χ0n) is 23.3. The summed E-state index contributed by atoms with van der Waals surface area (Å²) < 4.78 is 15.1. The molecule has 1 N–H and O–H groups in total. The molecule has 4 aromatic carbocycles. The van der Waals surface area contributed by atoms with Gasteiger partial charge in [-0.15, -0.1) is 0 Å². The van der Waals surface area contributed by atoms with Crippen molar-refractivity contribution in [1.29, 1.82) is 0 Å². The van der Waals surface area contributed by atoms with E-state index in [-0.39, 0.29) is 11.9 Å². The predicted molar refractivity (Wildman–Crippen MR) is 161 cm³/mol. The third-order valence-corrected chi connectivity index (χ3v) is 6.55. The van der Waals surface area contributed by atoms with E-state index >= 15 is 0 Å². The van der Waals surface area contributed by atoms with E-state index in [1.165, 1.54) is 0 Å². The molecule has 4 aromatic rings. The standard InChI is InChI=1S/C35H31NO6/c1-3-33(37)41-24-23-40-22-7-6-9-26-14-16-29(17-15-26)35(39)42-30-20-18-28(19-21-30)34(38)36-25(2)31-13-8-11-27-10-4-5-12-32(27)31/h3-5,8,10-21,25H,1,6-7,9,22H2,2H3,(H,36,38)/t25-/m0/s1. The molecule has 0 unspecified atom stereocenters. The van der Waals surface area contributed by atoms with Gasteiger partial charge in [-0.2, -0.15) is 0 Å². The summed E-state index contributed by atoms with van der Waals surface area (Å²) in [6, 6.07) is 27.7. The summed E-state index contributed by atoms with van der Waals surface area (Å²) >= 11 is 0. The van der Waals surface area contributed by atoms with Crippen LogP contribution in [0, 0.1) is 12.2 Å². The summed E-state index contributed by atoms with van der Waals surface area (Å²) in [4.78, 5) is 36.4. The second-order valence-corrected chi connectivity index (χ2v) is 9.51. The van der Waals surface area contributed by atoms with Gasteiger partial charge in [0, 0.05) is 11.6 Å². The molecule has 0 heterocycles. The summed E-state index contributed by atoms with van der Waals surface area (Å²) in [7, 11) is 0. The van der Waals surface area contributed by atoms with Crippen molar-refractivity contribution in [3.63, 3.8) is 0 Å². The maximum Gasteiger partial charge on any atom is 0.344 e. The Morgan fingerprint density at radius 2 is 1.57 bits per heavy atom. The van der Waals surface area contributed by atoms with Gasteiger partial charge in [-0.3, -0.25) is 4.79 Å². The molecule has 4 rings (SSSR count).